The zero-order valence-corrected chi connectivity index (χ0v) is 10.9. The van der Waals surface area contributed by atoms with Crippen LogP contribution in [0.3, 0.4) is 0 Å². The molecule has 0 aliphatic heterocycles. The molecule has 0 amide bonds. The molecule has 0 heterocycles. The molecule has 0 nitrogen and oxygen atoms in total. The van der Waals surface area contributed by atoms with Crippen LogP contribution >= 0.6 is 12.6 Å². The van der Waals surface area contributed by atoms with Crippen LogP contribution in [0, 0.1) is 17.8 Å². The molecule has 3 atom stereocenters. The van der Waals surface area contributed by atoms with Crippen molar-refractivity contribution in [2.24, 2.45) is 17.8 Å². The fourth-order valence-electron chi connectivity index (χ4n) is 2.86. The van der Waals surface area contributed by atoms with Gasteiger partial charge in [-0.05, 0) is 43.9 Å². The van der Waals surface area contributed by atoms with Gasteiger partial charge in [0.15, 0.2) is 0 Å². The van der Waals surface area contributed by atoms with Crippen LogP contribution in [-0.2, 0) is 0 Å². The number of allylic oxidation sites excluding steroid dienone is 1. The molecule has 1 rings (SSSR count). The average molecular weight is 212 g/mol. The fourth-order valence-corrected chi connectivity index (χ4v) is 3.29. The van der Waals surface area contributed by atoms with Gasteiger partial charge in [-0.1, -0.05) is 32.9 Å². The van der Waals surface area contributed by atoms with Crippen LogP contribution < -0.4 is 0 Å². The molecule has 0 N–H and O–H groups in total. The first-order chi connectivity index (χ1) is 6.32. The van der Waals surface area contributed by atoms with E-state index >= 15 is 0 Å². The lowest BCUT2D eigenvalue weighted by atomic mass is 9.84. The Hall–Kier alpha value is 0.0900. The Morgan fingerprint density at radius 2 is 2.07 bits per heavy atom. The van der Waals surface area contributed by atoms with Crippen molar-refractivity contribution in [2.75, 3.05) is 0 Å². The molecule has 1 heteroatoms. The van der Waals surface area contributed by atoms with E-state index in [9.17, 15) is 0 Å². The highest BCUT2D eigenvalue weighted by molar-refractivity contribution is 7.81. The van der Waals surface area contributed by atoms with Crippen molar-refractivity contribution in [1.82, 2.24) is 0 Å². The maximum absolute atomic E-state index is 4.74. The van der Waals surface area contributed by atoms with Crippen LogP contribution in [0.25, 0.3) is 0 Å². The Balaban J connectivity index is 2.67. The molecule has 0 aromatic rings. The quantitative estimate of drug-likeness (QED) is 0.522. The summed E-state index contributed by atoms with van der Waals surface area (Å²) in [6.45, 7) is 13.2. The normalized spacial score (nSPS) is 37.9. The molecule has 1 saturated carbocycles. The summed E-state index contributed by atoms with van der Waals surface area (Å²) in [6.07, 6.45) is 3.79. The largest absolute Gasteiger partial charge is 0.173 e. The lowest BCUT2D eigenvalue weighted by Gasteiger charge is -2.21. The molecule has 1 fully saturated rings. The maximum Gasteiger partial charge on any atom is 0.0110 e. The molecule has 3 unspecified atom stereocenters. The lowest BCUT2D eigenvalue weighted by Crippen LogP contribution is -2.11. The third kappa shape index (κ3) is 3.05. The van der Waals surface area contributed by atoms with Crippen LogP contribution in [0.15, 0.2) is 12.2 Å². The van der Waals surface area contributed by atoms with Gasteiger partial charge in [0.1, 0.15) is 0 Å². The second-order valence-electron chi connectivity index (χ2n) is 5.75. The molecular formula is C13H24S. The van der Waals surface area contributed by atoms with Gasteiger partial charge in [0.25, 0.3) is 0 Å². The van der Waals surface area contributed by atoms with Crippen LogP contribution in [-0.4, -0.2) is 4.75 Å². The molecule has 0 aromatic carbocycles. The number of hydrogen-bond acceptors (Lipinski definition) is 1. The summed E-state index contributed by atoms with van der Waals surface area (Å²) in [6, 6.07) is 0. The molecule has 14 heavy (non-hydrogen) atoms. The highest BCUT2D eigenvalue weighted by Gasteiger charge is 2.39. The Morgan fingerprint density at radius 1 is 1.50 bits per heavy atom. The minimum absolute atomic E-state index is 0.239. The lowest BCUT2D eigenvalue weighted by molar-refractivity contribution is 0.355. The molecule has 0 spiro atoms. The van der Waals surface area contributed by atoms with Crippen molar-refractivity contribution >= 4 is 12.6 Å². The standard InChI is InChI=1S/C13H24S/c1-9(2)6-11-7-13(5,14)8-12(11)10(3)4/h9,11-12,14H,3,6-8H2,1-2,4-5H3. The molecule has 0 aromatic heterocycles. The van der Waals surface area contributed by atoms with E-state index in [1.165, 1.54) is 24.8 Å². The second-order valence-corrected chi connectivity index (χ2v) is 6.83. The average Bonchev–Trinajstić information content (AvgIpc) is 2.24. The van der Waals surface area contributed by atoms with Gasteiger partial charge in [-0.25, -0.2) is 0 Å². The van der Waals surface area contributed by atoms with Crippen LogP contribution in [0.2, 0.25) is 0 Å². The van der Waals surface area contributed by atoms with Gasteiger partial charge >= 0.3 is 0 Å². The second kappa shape index (κ2) is 4.30. The summed E-state index contributed by atoms with van der Waals surface area (Å²) in [5, 5.41) is 0. The summed E-state index contributed by atoms with van der Waals surface area (Å²) >= 11 is 4.74. The molecule has 0 radical (unpaired) electrons. The fraction of sp³-hybridized carbons (Fsp3) is 0.846. The first-order valence-corrected chi connectivity index (χ1v) is 6.14. The summed E-state index contributed by atoms with van der Waals surface area (Å²) in [4.78, 5) is 0. The predicted octanol–water partition coefficient (Wildman–Crippen LogP) is 4.32. The smallest absolute Gasteiger partial charge is 0.0110 e. The Bertz CT molecular complexity index is 215. The third-order valence-corrected chi connectivity index (χ3v) is 3.70. The number of rotatable bonds is 3. The molecule has 82 valence electrons. The van der Waals surface area contributed by atoms with E-state index in [-0.39, 0.29) is 4.75 Å². The molecule has 1 aliphatic rings. The van der Waals surface area contributed by atoms with Crippen molar-refractivity contribution in [1.29, 1.82) is 0 Å². The minimum Gasteiger partial charge on any atom is -0.173 e. The van der Waals surface area contributed by atoms with E-state index in [0.717, 1.165) is 11.8 Å². The molecule has 1 aliphatic carbocycles. The van der Waals surface area contributed by atoms with E-state index in [0.29, 0.717) is 5.92 Å². The van der Waals surface area contributed by atoms with Crippen molar-refractivity contribution in [3.8, 4) is 0 Å². The maximum atomic E-state index is 4.74. The van der Waals surface area contributed by atoms with Crippen LogP contribution in [0.4, 0.5) is 0 Å². The van der Waals surface area contributed by atoms with Crippen molar-refractivity contribution in [2.45, 2.75) is 51.7 Å². The van der Waals surface area contributed by atoms with Gasteiger partial charge in [0.05, 0.1) is 0 Å². The summed E-state index contributed by atoms with van der Waals surface area (Å²) < 4.78 is 0.239. The van der Waals surface area contributed by atoms with Crippen LogP contribution in [0.1, 0.15) is 47.0 Å². The Labute approximate surface area is 94.6 Å². The first-order valence-electron chi connectivity index (χ1n) is 5.69. The highest BCUT2D eigenvalue weighted by atomic mass is 32.1. The highest BCUT2D eigenvalue weighted by Crippen LogP contribution is 2.48. The van der Waals surface area contributed by atoms with Crippen molar-refractivity contribution < 1.29 is 0 Å². The Morgan fingerprint density at radius 3 is 2.50 bits per heavy atom. The first kappa shape index (κ1) is 12.2. The van der Waals surface area contributed by atoms with Gasteiger partial charge in [-0.15, -0.1) is 0 Å². The zero-order valence-electron chi connectivity index (χ0n) is 10.0. The molecule has 0 saturated heterocycles. The minimum atomic E-state index is 0.239. The SMILES string of the molecule is C=C(C)C1CC(C)(S)CC1CC(C)C. The van der Waals surface area contributed by atoms with Gasteiger partial charge in [-0.2, -0.15) is 12.6 Å². The van der Waals surface area contributed by atoms with E-state index in [1.807, 2.05) is 0 Å². The van der Waals surface area contributed by atoms with E-state index in [1.54, 1.807) is 0 Å². The topological polar surface area (TPSA) is 0 Å². The zero-order chi connectivity index (χ0) is 10.9. The van der Waals surface area contributed by atoms with E-state index in [4.69, 9.17) is 12.6 Å². The van der Waals surface area contributed by atoms with E-state index in [2.05, 4.69) is 34.3 Å². The van der Waals surface area contributed by atoms with Crippen molar-refractivity contribution in [3.63, 3.8) is 0 Å². The van der Waals surface area contributed by atoms with E-state index < -0.39 is 0 Å². The molecular weight excluding hydrogens is 188 g/mol. The molecule has 0 bridgehead atoms. The van der Waals surface area contributed by atoms with Gasteiger partial charge in [0, 0.05) is 4.75 Å². The van der Waals surface area contributed by atoms with Crippen molar-refractivity contribution in [3.05, 3.63) is 12.2 Å². The third-order valence-electron chi connectivity index (χ3n) is 3.34. The Kier molecular flexibility index (Phi) is 3.74. The van der Waals surface area contributed by atoms with Crippen LogP contribution in [0.5, 0.6) is 0 Å². The van der Waals surface area contributed by atoms with Gasteiger partial charge < -0.3 is 0 Å². The monoisotopic (exact) mass is 212 g/mol. The summed E-state index contributed by atoms with van der Waals surface area (Å²) in [5.41, 5.74) is 1.36. The summed E-state index contributed by atoms with van der Waals surface area (Å²) in [7, 11) is 0. The number of thiol groups is 1. The van der Waals surface area contributed by atoms with Gasteiger partial charge in [0.2, 0.25) is 0 Å². The predicted molar refractivity (Wildman–Crippen MR) is 67.9 cm³/mol. The number of hydrogen-bond donors (Lipinski definition) is 1. The summed E-state index contributed by atoms with van der Waals surface area (Å²) in [5.74, 6) is 2.32. The van der Waals surface area contributed by atoms with Gasteiger partial charge in [-0.3, -0.25) is 0 Å².